The lowest BCUT2D eigenvalue weighted by molar-refractivity contribution is 0.223. The zero-order valence-electron chi connectivity index (χ0n) is 7.84. The summed E-state index contributed by atoms with van der Waals surface area (Å²) in [6.07, 6.45) is 8.05. The fourth-order valence-electron chi connectivity index (χ4n) is 1.57. The van der Waals surface area contributed by atoms with Crippen molar-refractivity contribution in [3.05, 3.63) is 0 Å². The normalized spacial score (nSPS) is 21.4. The molecule has 0 saturated heterocycles. The Labute approximate surface area is 75.6 Å². The van der Waals surface area contributed by atoms with Gasteiger partial charge in [0.25, 0.3) is 0 Å². The first-order valence-corrected chi connectivity index (χ1v) is 6.54. The van der Waals surface area contributed by atoms with Crippen LogP contribution in [-0.2, 0) is 9.09 Å². The van der Waals surface area contributed by atoms with Gasteiger partial charge in [0.2, 0.25) is 0 Å². The Bertz CT molecular complexity index is 141. The molecule has 0 amide bonds. The molecule has 1 aliphatic rings. The molecule has 0 aromatic rings. The molecule has 0 heterocycles. The molecule has 0 aromatic heterocycles. The number of unbranched alkanes of at least 4 members (excludes halogenated alkanes) is 1. The Hall–Kier alpha value is 0.190. The fraction of sp³-hybridized carbons (Fsp3) is 1.00. The average Bonchev–Trinajstić information content (AvgIpc) is 2.53. The number of hydrogen-bond donors (Lipinski definition) is 0. The molecule has 2 nitrogen and oxygen atoms in total. The van der Waals surface area contributed by atoms with E-state index in [0.29, 0.717) is 6.10 Å². The Kier molecular flexibility index (Phi) is 4.94. The van der Waals surface area contributed by atoms with Crippen molar-refractivity contribution in [2.75, 3.05) is 6.16 Å². The second kappa shape index (κ2) is 5.77. The molecule has 0 aromatic carbocycles. The van der Waals surface area contributed by atoms with Crippen LogP contribution in [0.4, 0.5) is 0 Å². The molecule has 72 valence electrons. The van der Waals surface area contributed by atoms with E-state index in [2.05, 4.69) is 6.92 Å². The average molecular weight is 190 g/mol. The molecular weight excluding hydrogens is 171 g/mol. The Morgan fingerprint density at radius 1 is 1.42 bits per heavy atom. The Morgan fingerprint density at radius 3 is 2.67 bits per heavy atom. The van der Waals surface area contributed by atoms with Crippen molar-refractivity contribution in [3.63, 3.8) is 0 Å². The summed E-state index contributed by atoms with van der Waals surface area (Å²) in [5.74, 6) is 0. The molecule has 1 unspecified atom stereocenters. The highest BCUT2D eigenvalue weighted by Crippen LogP contribution is 2.32. The van der Waals surface area contributed by atoms with Gasteiger partial charge in [-0.1, -0.05) is 26.2 Å². The molecule has 1 fully saturated rings. The van der Waals surface area contributed by atoms with Gasteiger partial charge in [-0.25, -0.2) is 0 Å². The van der Waals surface area contributed by atoms with Crippen LogP contribution in [0.15, 0.2) is 0 Å². The van der Waals surface area contributed by atoms with Gasteiger partial charge in [-0.2, -0.15) is 0 Å². The van der Waals surface area contributed by atoms with Gasteiger partial charge in [0.15, 0.2) is 8.03 Å². The van der Waals surface area contributed by atoms with E-state index in [0.717, 1.165) is 31.8 Å². The predicted molar refractivity (Wildman–Crippen MR) is 52.1 cm³/mol. The predicted octanol–water partition coefficient (Wildman–Crippen LogP) is 3.22. The molecule has 12 heavy (non-hydrogen) atoms. The van der Waals surface area contributed by atoms with Crippen LogP contribution >= 0.6 is 8.03 Å². The second-order valence-electron chi connectivity index (χ2n) is 3.50. The summed E-state index contributed by atoms with van der Waals surface area (Å²) in [4.78, 5) is 0. The molecule has 3 heteroatoms. The molecule has 1 saturated carbocycles. The zero-order valence-corrected chi connectivity index (χ0v) is 8.84. The maximum Gasteiger partial charge on any atom is 0.191 e. The van der Waals surface area contributed by atoms with Crippen molar-refractivity contribution in [1.82, 2.24) is 0 Å². The van der Waals surface area contributed by atoms with Gasteiger partial charge in [0.1, 0.15) is 0 Å². The van der Waals surface area contributed by atoms with E-state index in [9.17, 15) is 4.57 Å². The first-order chi connectivity index (χ1) is 5.83. The lowest BCUT2D eigenvalue weighted by Gasteiger charge is -2.09. The summed E-state index contributed by atoms with van der Waals surface area (Å²) in [5, 5.41) is 0. The highest BCUT2D eigenvalue weighted by molar-refractivity contribution is 7.39. The molecule has 0 N–H and O–H groups in total. The van der Waals surface area contributed by atoms with Crippen LogP contribution in [0.1, 0.15) is 45.4 Å². The van der Waals surface area contributed by atoms with E-state index in [1.54, 1.807) is 0 Å². The molecule has 0 aliphatic heterocycles. The van der Waals surface area contributed by atoms with Crippen LogP contribution in [0.25, 0.3) is 0 Å². The van der Waals surface area contributed by atoms with Crippen molar-refractivity contribution in [3.8, 4) is 0 Å². The molecule has 1 atom stereocenters. The number of rotatable bonds is 5. The third-order valence-corrected chi connectivity index (χ3v) is 3.69. The van der Waals surface area contributed by atoms with Crippen molar-refractivity contribution < 1.29 is 9.09 Å². The van der Waals surface area contributed by atoms with Crippen molar-refractivity contribution >= 4 is 8.03 Å². The summed E-state index contributed by atoms with van der Waals surface area (Å²) in [5.41, 5.74) is 0. The van der Waals surface area contributed by atoms with E-state index in [1.165, 1.54) is 12.8 Å². The maximum absolute atomic E-state index is 11.3. The minimum absolute atomic E-state index is 0.327. The second-order valence-corrected chi connectivity index (χ2v) is 4.98. The van der Waals surface area contributed by atoms with Gasteiger partial charge >= 0.3 is 0 Å². The van der Waals surface area contributed by atoms with Crippen LogP contribution in [0.5, 0.6) is 0 Å². The summed E-state index contributed by atoms with van der Waals surface area (Å²) in [7, 11) is -1.69. The maximum atomic E-state index is 11.3. The van der Waals surface area contributed by atoms with Gasteiger partial charge in [-0.3, -0.25) is 4.57 Å². The number of hydrogen-bond acceptors (Lipinski definition) is 2. The molecule has 0 bridgehead atoms. The highest BCUT2D eigenvalue weighted by Gasteiger charge is 2.17. The van der Waals surface area contributed by atoms with E-state index in [4.69, 9.17) is 4.52 Å². The Balaban J connectivity index is 2.08. The standard InChI is InChI=1S/C9H19O2P/c1-2-3-8-12(10)11-9-6-4-5-7-9/h9,12H,2-8H2,1H3. The topological polar surface area (TPSA) is 26.3 Å². The van der Waals surface area contributed by atoms with E-state index in [1.807, 2.05) is 0 Å². The highest BCUT2D eigenvalue weighted by atomic mass is 31.1. The van der Waals surface area contributed by atoms with Crippen LogP contribution < -0.4 is 0 Å². The monoisotopic (exact) mass is 190 g/mol. The first kappa shape index (κ1) is 10.3. The summed E-state index contributed by atoms with van der Waals surface area (Å²) in [6.45, 7) is 2.12. The molecule has 0 radical (unpaired) electrons. The van der Waals surface area contributed by atoms with Gasteiger partial charge in [-0.15, -0.1) is 0 Å². The minimum Gasteiger partial charge on any atom is -0.327 e. The summed E-state index contributed by atoms with van der Waals surface area (Å²) >= 11 is 0. The van der Waals surface area contributed by atoms with E-state index >= 15 is 0 Å². The molecule has 0 spiro atoms. The van der Waals surface area contributed by atoms with Gasteiger partial charge in [-0.05, 0) is 19.3 Å². The van der Waals surface area contributed by atoms with Gasteiger partial charge in [0.05, 0.1) is 6.10 Å². The van der Waals surface area contributed by atoms with Gasteiger partial charge < -0.3 is 4.52 Å². The fourth-order valence-corrected chi connectivity index (χ4v) is 2.94. The van der Waals surface area contributed by atoms with Crippen LogP contribution in [0.3, 0.4) is 0 Å². The lowest BCUT2D eigenvalue weighted by Crippen LogP contribution is -2.01. The lowest BCUT2D eigenvalue weighted by atomic mass is 10.3. The van der Waals surface area contributed by atoms with E-state index < -0.39 is 8.03 Å². The minimum atomic E-state index is -1.69. The van der Waals surface area contributed by atoms with Crippen LogP contribution in [0.2, 0.25) is 0 Å². The molecule has 1 rings (SSSR count). The quantitative estimate of drug-likeness (QED) is 0.622. The van der Waals surface area contributed by atoms with E-state index in [-0.39, 0.29) is 0 Å². The van der Waals surface area contributed by atoms with Crippen molar-refractivity contribution in [2.24, 2.45) is 0 Å². The zero-order chi connectivity index (χ0) is 8.81. The largest absolute Gasteiger partial charge is 0.327 e. The van der Waals surface area contributed by atoms with Crippen molar-refractivity contribution in [2.45, 2.75) is 51.6 Å². The van der Waals surface area contributed by atoms with Crippen molar-refractivity contribution in [1.29, 1.82) is 0 Å². The first-order valence-electron chi connectivity index (χ1n) is 5.02. The third kappa shape index (κ3) is 3.73. The van der Waals surface area contributed by atoms with Gasteiger partial charge in [0, 0.05) is 6.16 Å². The molecular formula is C9H19O2P. The summed E-state index contributed by atoms with van der Waals surface area (Å²) < 4.78 is 16.8. The SMILES string of the molecule is CCCC[PH](=O)OC1CCCC1. The third-order valence-electron chi connectivity index (χ3n) is 2.33. The summed E-state index contributed by atoms with van der Waals surface area (Å²) in [6, 6.07) is 0. The molecule has 1 aliphatic carbocycles. The van der Waals surface area contributed by atoms with Crippen LogP contribution in [0, 0.1) is 0 Å². The van der Waals surface area contributed by atoms with Crippen LogP contribution in [-0.4, -0.2) is 12.3 Å². The Morgan fingerprint density at radius 2 is 2.08 bits per heavy atom. The smallest absolute Gasteiger partial charge is 0.191 e.